The van der Waals surface area contributed by atoms with E-state index in [9.17, 15) is 4.39 Å². The molecule has 2 N–H and O–H groups in total. The van der Waals surface area contributed by atoms with Crippen molar-refractivity contribution >= 4 is 33.3 Å². The van der Waals surface area contributed by atoms with Crippen LogP contribution in [-0.4, -0.2) is 9.97 Å². The Kier molecular flexibility index (Phi) is 3.82. The van der Waals surface area contributed by atoms with Crippen molar-refractivity contribution in [3.63, 3.8) is 0 Å². The lowest BCUT2D eigenvalue weighted by Gasteiger charge is -2.08. The molecule has 0 fully saturated rings. The molecule has 2 rings (SSSR count). The van der Waals surface area contributed by atoms with Crippen LogP contribution >= 0.6 is 27.5 Å². The van der Waals surface area contributed by atoms with Crippen molar-refractivity contribution in [2.45, 2.75) is 13.3 Å². The van der Waals surface area contributed by atoms with Crippen molar-refractivity contribution in [1.82, 2.24) is 9.97 Å². The van der Waals surface area contributed by atoms with Gasteiger partial charge in [-0.3, -0.25) is 0 Å². The molecule has 0 unspecified atom stereocenters. The third kappa shape index (κ3) is 2.47. The fraction of sp³-hybridized carbons (Fsp3) is 0.167. The number of benzene rings is 1. The molecule has 1 heterocycles. The van der Waals surface area contributed by atoms with Gasteiger partial charge in [-0.05, 0) is 40.5 Å². The molecule has 0 aliphatic heterocycles. The summed E-state index contributed by atoms with van der Waals surface area (Å²) >= 11 is 9.31. The molecule has 0 saturated heterocycles. The van der Waals surface area contributed by atoms with E-state index in [4.69, 9.17) is 17.3 Å². The number of anilines is 1. The zero-order chi connectivity index (χ0) is 13.3. The average Bonchev–Trinajstić information content (AvgIpc) is 2.32. The average molecular weight is 331 g/mol. The number of nitrogen functional groups attached to an aromatic ring is 1. The van der Waals surface area contributed by atoms with Crippen molar-refractivity contribution in [3.05, 3.63) is 39.2 Å². The number of halogens is 3. The minimum atomic E-state index is -0.399. The molecular weight excluding hydrogens is 321 g/mol. The van der Waals surface area contributed by atoms with Crippen LogP contribution < -0.4 is 5.73 Å². The summed E-state index contributed by atoms with van der Waals surface area (Å²) in [6.07, 6.45) is 0.707. The van der Waals surface area contributed by atoms with Gasteiger partial charge < -0.3 is 5.73 Å². The van der Waals surface area contributed by atoms with Crippen molar-refractivity contribution in [1.29, 1.82) is 0 Å². The Hall–Kier alpha value is -1.20. The number of nitrogens with two attached hydrogens (primary N) is 1. The van der Waals surface area contributed by atoms with Crippen LogP contribution in [0.4, 0.5) is 10.2 Å². The van der Waals surface area contributed by atoms with Crippen LogP contribution in [0, 0.1) is 5.82 Å². The lowest BCUT2D eigenvalue weighted by atomic mass is 10.2. The van der Waals surface area contributed by atoms with Gasteiger partial charge >= 0.3 is 0 Å². The van der Waals surface area contributed by atoms with E-state index in [1.807, 2.05) is 6.92 Å². The van der Waals surface area contributed by atoms with Crippen LogP contribution in [0.25, 0.3) is 11.4 Å². The zero-order valence-corrected chi connectivity index (χ0v) is 11.9. The smallest absolute Gasteiger partial charge is 0.163 e. The van der Waals surface area contributed by atoms with Gasteiger partial charge in [-0.15, -0.1) is 0 Å². The van der Waals surface area contributed by atoms with Crippen LogP contribution in [0.5, 0.6) is 0 Å². The molecule has 0 saturated carbocycles. The van der Waals surface area contributed by atoms with E-state index >= 15 is 0 Å². The fourth-order valence-corrected chi connectivity index (χ4v) is 2.25. The van der Waals surface area contributed by atoms with Gasteiger partial charge in [-0.1, -0.05) is 18.5 Å². The van der Waals surface area contributed by atoms with E-state index in [1.165, 1.54) is 12.1 Å². The molecule has 94 valence electrons. The summed E-state index contributed by atoms with van der Waals surface area (Å²) in [6, 6.07) is 4.08. The van der Waals surface area contributed by atoms with Gasteiger partial charge in [0.05, 0.1) is 15.2 Å². The van der Waals surface area contributed by atoms with Gasteiger partial charge in [0.2, 0.25) is 0 Å². The Morgan fingerprint density at radius 2 is 2.11 bits per heavy atom. The van der Waals surface area contributed by atoms with Gasteiger partial charge in [0.1, 0.15) is 11.6 Å². The predicted molar refractivity (Wildman–Crippen MR) is 73.9 cm³/mol. The summed E-state index contributed by atoms with van der Waals surface area (Å²) in [7, 11) is 0. The Bertz CT molecular complexity index is 604. The summed E-state index contributed by atoms with van der Waals surface area (Å²) in [5, 5.41) is 0.263. The Morgan fingerprint density at radius 3 is 2.72 bits per heavy atom. The summed E-state index contributed by atoms with van der Waals surface area (Å²) in [5.74, 6) is 0.347. The standard InChI is InChI=1S/C12H10BrClFN3/c1-2-9-10(13)11(16)18-12(17-9)7-4-3-6(15)5-8(7)14/h3-5H,2H2,1H3,(H2,16,17,18). The number of aromatic nitrogens is 2. The molecule has 2 aromatic rings. The first kappa shape index (κ1) is 13.2. The van der Waals surface area contributed by atoms with Gasteiger partial charge in [0.15, 0.2) is 5.82 Å². The van der Waals surface area contributed by atoms with Crippen LogP contribution in [-0.2, 0) is 6.42 Å². The Morgan fingerprint density at radius 1 is 1.39 bits per heavy atom. The summed E-state index contributed by atoms with van der Waals surface area (Å²) in [6.45, 7) is 1.96. The molecule has 0 amide bonds. The minimum Gasteiger partial charge on any atom is -0.383 e. The third-order valence-electron chi connectivity index (χ3n) is 2.45. The second-order valence-corrected chi connectivity index (χ2v) is 4.87. The number of aryl methyl sites for hydroxylation is 1. The fourth-order valence-electron chi connectivity index (χ4n) is 1.54. The predicted octanol–water partition coefficient (Wildman–Crippen LogP) is 3.84. The highest BCUT2D eigenvalue weighted by Crippen LogP contribution is 2.29. The number of hydrogen-bond donors (Lipinski definition) is 1. The van der Waals surface area contributed by atoms with E-state index < -0.39 is 5.82 Å². The molecular formula is C12H10BrClFN3. The highest BCUT2D eigenvalue weighted by atomic mass is 79.9. The maximum Gasteiger partial charge on any atom is 0.163 e. The lowest BCUT2D eigenvalue weighted by molar-refractivity contribution is 0.628. The largest absolute Gasteiger partial charge is 0.383 e. The van der Waals surface area contributed by atoms with Gasteiger partial charge in [-0.25, -0.2) is 14.4 Å². The maximum absolute atomic E-state index is 13.0. The maximum atomic E-state index is 13.0. The van der Waals surface area contributed by atoms with E-state index in [2.05, 4.69) is 25.9 Å². The second kappa shape index (κ2) is 5.20. The molecule has 1 aromatic carbocycles. The van der Waals surface area contributed by atoms with Gasteiger partial charge in [0, 0.05) is 5.56 Å². The van der Waals surface area contributed by atoms with Crippen molar-refractivity contribution < 1.29 is 4.39 Å². The van der Waals surface area contributed by atoms with Crippen LogP contribution in [0.15, 0.2) is 22.7 Å². The van der Waals surface area contributed by atoms with Gasteiger partial charge in [-0.2, -0.15) is 0 Å². The van der Waals surface area contributed by atoms with Crippen LogP contribution in [0.1, 0.15) is 12.6 Å². The number of nitrogens with zero attached hydrogens (tertiary/aromatic N) is 2. The first-order valence-electron chi connectivity index (χ1n) is 5.30. The summed E-state index contributed by atoms with van der Waals surface area (Å²) in [5.41, 5.74) is 7.15. The van der Waals surface area contributed by atoms with Crippen molar-refractivity contribution in [2.24, 2.45) is 0 Å². The topological polar surface area (TPSA) is 51.8 Å². The van der Waals surface area contributed by atoms with Crippen LogP contribution in [0.2, 0.25) is 5.02 Å². The van der Waals surface area contributed by atoms with Crippen molar-refractivity contribution in [3.8, 4) is 11.4 Å². The summed E-state index contributed by atoms with van der Waals surface area (Å²) in [4.78, 5) is 8.52. The molecule has 18 heavy (non-hydrogen) atoms. The quantitative estimate of drug-likeness (QED) is 0.910. The molecule has 0 radical (unpaired) electrons. The monoisotopic (exact) mass is 329 g/mol. The summed E-state index contributed by atoms with van der Waals surface area (Å²) < 4.78 is 13.7. The molecule has 6 heteroatoms. The van der Waals surface area contributed by atoms with Crippen LogP contribution in [0.3, 0.4) is 0 Å². The van der Waals surface area contributed by atoms with Gasteiger partial charge in [0.25, 0.3) is 0 Å². The first-order valence-corrected chi connectivity index (χ1v) is 6.47. The number of hydrogen-bond acceptors (Lipinski definition) is 3. The highest BCUT2D eigenvalue weighted by molar-refractivity contribution is 9.10. The molecule has 0 bridgehead atoms. The molecule has 0 aliphatic carbocycles. The van der Waals surface area contributed by atoms with E-state index in [0.717, 1.165) is 5.69 Å². The highest BCUT2D eigenvalue weighted by Gasteiger charge is 2.13. The van der Waals surface area contributed by atoms with E-state index in [1.54, 1.807) is 6.07 Å². The number of rotatable bonds is 2. The second-order valence-electron chi connectivity index (χ2n) is 3.67. The molecule has 0 spiro atoms. The molecule has 0 aliphatic rings. The Balaban J connectivity index is 2.60. The molecule has 0 atom stereocenters. The van der Waals surface area contributed by atoms with Crippen molar-refractivity contribution in [2.75, 3.05) is 5.73 Å². The normalized spacial score (nSPS) is 10.7. The zero-order valence-electron chi connectivity index (χ0n) is 9.54. The minimum absolute atomic E-state index is 0.263. The first-order chi connectivity index (χ1) is 8.52. The third-order valence-corrected chi connectivity index (χ3v) is 3.63. The molecule has 1 aromatic heterocycles. The lowest BCUT2D eigenvalue weighted by Crippen LogP contribution is -2.02. The molecule has 3 nitrogen and oxygen atoms in total. The SMILES string of the molecule is CCc1nc(-c2ccc(F)cc2Cl)nc(N)c1Br. The van der Waals surface area contributed by atoms with E-state index in [-0.39, 0.29) is 5.02 Å². The van der Waals surface area contributed by atoms with E-state index in [0.29, 0.717) is 28.1 Å². The Labute approximate surface area is 117 Å².